The average molecular weight is 280 g/mol. The van der Waals surface area contributed by atoms with E-state index in [-0.39, 0.29) is 0 Å². The highest BCUT2D eigenvalue weighted by molar-refractivity contribution is 7.15. The first-order valence-electron chi connectivity index (χ1n) is 7.43. The molecule has 4 nitrogen and oxygen atoms in total. The standard InChI is InChI=1S/C14H24N4S/c1-3-17-6-8-18(9-7-17)14-16-13(11-4-5-11)12(19-14)10-15-2/h11,15H,3-10H2,1-2H3. The second kappa shape index (κ2) is 5.77. The Kier molecular flexibility index (Phi) is 4.05. The molecule has 0 unspecified atom stereocenters. The highest BCUT2D eigenvalue weighted by Gasteiger charge is 2.30. The highest BCUT2D eigenvalue weighted by atomic mass is 32.1. The van der Waals surface area contributed by atoms with Gasteiger partial charge in [-0.15, -0.1) is 11.3 Å². The van der Waals surface area contributed by atoms with Crippen LogP contribution in [0.1, 0.15) is 36.3 Å². The van der Waals surface area contributed by atoms with Crippen LogP contribution in [0.2, 0.25) is 0 Å². The van der Waals surface area contributed by atoms with Gasteiger partial charge in [-0.25, -0.2) is 4.98 Å². The lowest BCUT2D eigenvalue weighted by Crippen LogP contribution is -2.46. The van der Waals surface area contributed by atoms with Crippen LogP contribution < -0.4 is 10.2 Å². The first-order valence-corrected chi connectivity index (χ1v) is 8.25. The third-order valence-electron chi connectivity index (χ3n) is 4.11. The third-order valence-corrected chi connectivity index (χ3v) is 5.24. The number of hydrogen-bond donors (Lipinski definition) is 1. The van der Waals surface area contributed by atoms with Gasteiger partial charge in [-0.1, -0.05) is 6.92 Å². The van der Waals surface area contributed by atoms with E-state index in [0.29, 0.717) is 0 Å². The summed E-state index contributed by atoms with van der Waals surface area (Å²) >= 11 is 1.90. The quantitative estimate of drug-likeness (QED) is 0.892. The molecule has 1 aromatic rings. The zero-order valence-corrected chi connectivity index (χ0v) is 12.8. The Balaban J connectivity index is 1.72. The predicted molar refractivity (Wildman–Crippen MR) is 81.2 cm³/mol. The summed E-state index contributed by atoms with van der Waals surface area (Å²) in [6.45, 7) is 9.00. The molecule has 2 fully saturated rings. The summed E-state index contributed by atoms with van der Waals surface area (Å²) in [6.07, 6.45) is 2.67. The van der Waals surface area contributed by atoms with Crippen molar-refractivity contribution in [1.82, 2.24) is 15.2 Å². The Morgan fingerprint density at radius 2 is 2.00 bits per heavy atom. The highest BCUT2D eigenvalue weighted by Crippen LogP contribution is 2.44. The molecule has 1 saturated heterocycles. The molecule has 0 atom stereocenters. The molecule has 3 rings (SSSR count). The number of aromatic nitrogens is 1. The lowest BCUT2D eigenvalue weighted by atomic mass is 10.2. The zero-order chi connectivity index (χ0) is 13.2. The fraction of sp³-hybridized carbons (Fsp3) is 0.786. The van der Waals surface area contributed by atoms with Crippen molar-refractivity contribution in [2.45, 2.75) is 32.2 Å². The maximum Gasteiger partial charge on any atom is 0.185 e. The molecule has 1 aliphatic heterocycles. The molecule has 0 spiro atoms. The lowest BCUT2D eigenvalue weighted by Gasteiger charge is -2.33. The Bertz CT molecular complexity index is 419. The summed E-state index contributed by atoms with van der Waals surface area (Å²) < 4.78 is 0. The van der Waals surface area contributed by atoms with E-state index in [1.807, 2.05) is 18.4 Å². The van der Waals surface area contributed by atoms with Gasteiger partial charge in [-0.2, -0.15) is 0 Å². The minimum absolute atomic E-state index is 0.755. The van der Waals surface area contributed by atoms with Crippen LogP contribution in [0.15, 0.2) is 0 Å². The minimum Gasteiger partial charge on any atom is -0.346 e. The van der Waals surface area contributed by atoms with Gasteiger partial charge in [0.25, 0.3) is 0 Å². The van der Waals surface area contributed by atoms with Crippen LogP contribution in [-0.4, -0.2) is 49.7 Å². The normalized spacial score (nSPS) is 21.1. The van der Waals surface area contributed by atoms with Gasteiger partial charge in [-0.3, -0.25) is 0 Å². The number of rotatable bonds is 5. The van der Waals surface area contributed by atoms with Crippen molar-refractivity contribution in [2.75, 3.05) is 44.7 Å². The van der Waals surface area contributed by atoms with E-state index >= 15 is 0 Å². The lowest BCUT2D eigenvalue weighted by molar-refractivity contribution is 0.271. The van der Waals surface area contributed by atoms with Gasteiger partial charge < -0.3 is 15.1 Å². The molecule has 106 valence electrons. The Hall–Kier alpha value is -0.650. The topological polar surface area (TPSA) is 31.4 Å². The van der Waals surface area contributed by atoms with E-state index in [2.05, 4.69) is 22.0 Å². The van der Waals surface area contributed by atoms with Gasteiger partial charge in [0.05, 0.1) is 5.69 Å². The maximum absolute atomic E-state index is 4.95. The minimum atomic E-state index is 0.755. The Labute approximate surface area is 119 Å². The molecule has 2 aliphatic rings. The van der Waals surface area contributed by atoms with Crippen LogP contribution in [0, 0.1) is 0 Å². The molecule has 5 heteroatoms. The largest absolute Gasteiger partial charge is 0.346 e. The van der Waals surface area contributed by atoms with Crippen LogP contribution in [0.3, 0.4) is 0 Å². The van der Waals surface area contributed by atoms with Crippen LogP contribution in [0.4, 0.5) is 5.13 Å². The van der Waals surface area contributed by atoms with E-state index in [0.717, 1.165) is 25.6 Å². The van der Waals surface area contributed by atoms with Crippen molar-refractivity contribution in [2.24, 2.45) is 0 Å². The number of nitrogens with one attached hydrogen (secondary N) is 1. The molecule has 1 saturated carbocycles. The zero-order valence-electron chi connectivity index (χ0n) is 12.0. The maximum atomic E-state index is 4.95. The van der Waals surface area contributed by atoms with Gasteiger partial charge in [0.1, 0.15) is 0 Å². The van der Waals surface area contributed by atoms with Gasteiger partial charge in [0.2, 0.25) is 0 Å². The number of piperazine rings is 1. The molecule has 1 N–H and O–H groups in total. The summed E-state index contributed by atoms with van der Waals surface area (Å²) in [7, 11) is 2.02. The molecule has 1 aliphatic carbocycles. The summed E-state index contributed by atoms with van der Waals surface area (Å²) in [5.41, 5.74) is 1.38. The summed E-state index contributed by atoms with van der Waals surface area (Å²) in [6, 6.07) is 0. The molecule has 2 heterocycles. The number of anilines is 1. The van der Waals surface area contributed by atoms with E-state index < -0.39 is 0 Å². The summed E-state index contributed by atoms with van der Waals surface area (Å²) in [5, 5.41) is 4.54. The van der Waals surface area contributed by atoms with Gasteiger partial charge in [-0.05, 0) is 26.4 Å². The molecular formula is C14H24N4S. The molecule has 0 aromatic carbocycles. The Morgan fingerprint density at radius 1 is 1.26 bits per heavy atom. The fourth-order valence-electron chi connectivity index (χ4n) is 2.70. The van der Waals surface area contributed by atoms with Crippen LogP contribution >= 0.6 is 11.3 Å². The first-order chi connectivity index (χ1) is 9.31. The predicted octanol–water partition coefficient (Wildman–Crippen LogP) is 1.88. The van der Waals surface area contributed by atoms with E-state index in [4.69, 9.17) is 4.98 Å². The SMILES string of the molecule is CCN1CCN(c2nc(C3CC3)c(CNC)s2)CC1. The van der Waals surface area contributed by atoms with Crippen molar-refractivity contribution in [3.63, 3.8) is 0 Å². The number of hydrogen-bond acceptors (Lipinski definition) is 5. The number of likely N-dealkylation sites (N-methyl/N-ethyl adjacent to an activating group) is 1. The smallest absolute Gasteiger partial charge is 0.185 e. The molecule has 1 aromatic heterocycles. The first kappa shape index (κ1) is 13.3. The average Bonchev–Trinajstić information content (AvgIpc) is 3.21. The third kappa shape index (κ3) is 2.93. The van der Waals surface area contributed by atoms with Gasteiger partial charge >= 0.3 is 0 Å². The fourth-order valence-corrected chi connectivity index (χ4v) is 3.91. The van der Waals surface area contributed by atoms with Crippen molar-refractivity contribution in [3.05, 3.63) is 10.6 Å². The second-order valence-corrected chi connectivity index (χ2v) is 6.59. The van der Waals surface area contributed by atoms with Crippen molar-refractivity contribution < 1.29 is 0 Å². The van der Waals surface area contributed by atoms with Crippen molar-refractivity contribution >= 4 is 16.5 Å². The number of nitrogens with zero attached hydrogens (tertiary/aromatic N) is 3. The number of thiazole rings is 1. The second-order valence-electron chi connectivity index (χ2n) is 5.53. The monoisotopic (exact) mass is 280 g/mol. The van der Waals surface area contributed by atoms with Crippen molar-refractivity contribution in [1.29, 1.82) is 0 Å². The van der Waals surface area contributed by atoms with E-state index in [1.54, 1.807) is 0 Å². The van der Waals surface area contributed by atoms with E-state index in [9.17, 15) is 0 Å². The molecule has 0 amide bonds. The van der Waals surface area contributed by atoms with E-state index in [1.165, 1.54) is 48.2 Å². The molecule has 0 radical (unpaired) electrons. The van der Waals surface area contributed by atoms with Crippen LogP contribution in [0.25, 0.3) is 0 Å². The summed E-state index contributed by atoms with van der Waals surface area (Å²) in [5.74, 6) is 0.755. The van der Waals surface area contributed by atoms with Crippen LogP contribution in [-0.2, 0) is 6.54 Å². The summed E-state index contributed by atoms with van der Waals surface area (Å²) in [4.78, 5) is 11.4. The molecule has 19 heavy (non-hydrogen) atoms. The Morgan fingerprint density at radius 3 is 2.58 bits per heavy atom. The molecular weight excluding hydrogens is 256 g/mol. The van der Waals surface area contributed by atoms with Gasteiger partial charge in [0, 0.05) is 43.5 Å². The van der Waals surface area contributed by atoms with Gasteiger partial charge in [0.15, 0.2) is 5.13 Å². The van der Waals surface area contributed by atoms with Crippen molar-refractivity contribution in [3.8, 4) is 0 Å². The van der Waals surface area contributed by atoms with Crippen LogP contribution in [0.5, 0.6) is 0 Å². The molecule has 0 bridgehead atoms.